The van der Waals surface area contributed by atoms with Crippen molar-refractivity contribution in [3.8, 4) is 0 Å². The Hall–Kier alpha value is -1.59. The minimum Gasteiger partial charge on any atom is -0.354 e. The van der Waals surface area contributed by atoms with Gasteiger partial charge in [-0.05, 0) is 48.6 Å². The Labute approximate surface area is 239 Å². The molecule has 3 aromatic rings. The summed E-state index contributed by atoms with van der Waals surface area (Å²) in [5.41, 5.74) is 0. The van der Waals surface area contributed by atoms with Gasteiger partial charge in [0.15, 0.2) is 0 Å². The first-order chi connectivity index (χ1) is 17.5. The van der Waals surface area contributed by atoms with Crippen LogP contribution in [0.2, 0.25) is 10.0 Å². The normalized spacial score (nSPS) is 12.6. The van der Waals surface area contributed by atoms with Crippen LogP contribution >= 0.6 is 57.7 Å². The van der Waals surface area contributed by atoms with Crippen LogP contribution < -0.4 is 15.4 Å². The topological polar surface area (TPSA) is 104 Å². The standard InChI is InChI=1S/C24H25Cl4N3O4S2/c25-16-7-8-21(18(26)12-16)37(34,35)30-10-4-3-9-29-24(33)19(14-22(27)28)31-23(32)13-17-11-15-5-1-2-6-20(15)36-17/h1-2,5-8,11-12,19,22,30H,3-4,9-10,13-14H2,(H,29,33)(H,31,32)/t19-/m0/s1. The molecule has 2 aromatic carbocycles. The second kappa shape index (κ2) is 14.0. The Bertz CT molecular complexity index is 1320. The van der Waals surface area contributed by atoms with Crippen LogP contribution in [0.5, 0.6) is 0 Å². The number of rotatable bonds is 13. The highest BCUT2D eigenvalue weighted by atomic mass is 35.5. The number of amides is 2. The molecule has 3 N–H and O–H groups in total. The van der Waals surface area contributed by atoms with Crippen LogP contribution in [0, 0.1) is 0 Å². The molecular weight excluding hydrogens is 600 g/mol. The minimum absolute atomic E-state index is 0.0320. The Balaban J connectivity index is 1.44. The monoisotopic (exact) mass is 623 g/mol. The quantitative estimate of drug-likeness (QED) is 0.177. The summed E-state index contributed by atoms with van der Waals surface area (Å²) in [6, 6.07) is 13.0. The van der Waals surface area contributed by atoms with Gasteiger partial charge in [0.1, 0.15) is 15.8 Å². The number of halogens is 4. The Morgan fingerprint density at radius 2 is 1.70 bits per heavy atom. The van der Waals surface area contributed by atoms with Gasteiger partial charge in [-0.25, -0.2) is 13.1 Å². The summed E-state index contributed by atoms with van der Waals surface area (Å²) in [7, 11) is -3.79. The number of unbranched alkanes of at least 4 members (excludes halogenated alkanes) is 1. The predicted molar refractivity (Wildman–Crippen MR) is 151 cm³/mol. The van der Waals surface area contributed by atoms with E-state index < -0.39 is 26.8 Å². The van der Waals surface area contributed by atoms with Crippen LogP contribution in [0.3, 0.4) is 0 Å². The first-order valence-electron chi connectivity index (χ1n) is 11.3. The van der Waals surface area contributed by atoms with Gasteiger partial charge in [0.2, 0.25) is 21.8 Å². The van der Waals surface area contributed by atoms with Gasteiger partial charge in [-0.2, -0.15) is 0 Å². The molecule has 0 spiro atoms. The second-order valence-corrected chi connectivity index (χ2v) is 13.2. The van der Waals surface area contributed by atoms with Crippen molar-refractivity contribution in [1.29, 1.82) is 0 Å². The third kappa shape index (κ3) is 9.28. The lowest BCUT2D eigenvalue weighted by Gasteiger charge is -2.19. The predicted octanol–water partition coefficient (Wildman–Crippen LogP) is 5.30. The molecule has 1 atom stereocenters. The van der Waals surface area contributed by atoms with Gasteiger partial charge in [0, 0.05) is 34.1 Å². The van der Waals surface area contributed by atoms with Crippen LogP contribution in [0.15, 0.2) is 53.4 Å². The maximum absolute atomic E-state index is 12.7. The lowest BCUT2D eigenvalue weighted by Crippen LogP contribution is -2.48. The van der Waals surface area contributed by atoms with E-state index in [1.165, 1.54) is 29.5 Å². The first kappa shape index (κ1) is 30.0. The van der Waals surface area contributed by atoms with Gasteiger partial charge < -0.3 is 10.6 Å². The second-order valence-electron chi connectivity index (χ2n) is 8.14. The highest BCUT2D eigenvalue weighted by Crippen LogP contribution is 2.26. The highest BCUT2D eigenvalue weighted by Gasteiger charge is 2.23. The number of hydrogen-bond donors (Lipinski definition) is 3. The van der Waals surface area contributed by atoms with Crippen molar-refractivity contribution in [2.75, 3.05) is 13.1 Å². The molecule has 1 heterocycles. The number of carbonyl (C=O) groups excluding carboxylic acids is 2. The zero-order chi connectivity index (χ0) is 27.0. The van der Waals surface area contributed by atoms with Gasteiger partial charge in [-0.3, -0.25) is 9.59 Å². The molecule has 1 aromatic heterocycles. The molecule has 13 heteroatoms. The smallest absolute Gasteiger partial charge is 0.242 e. The zero-order valence-electron chi connectivity index (χ0n) is 19.5. The van der Waals surface area contributed by atoms with Crippen molar-refractivity contribution in [3.63, 3.8) is 0 Å². The largest absolute Gasteiger partial charge is 0.354 e. The van der Waals surface area contributed by atoms with Gasteiger partial charge in [-0.15, -0.1) is 34.5 Å². The molecule has 3 rings (SSSR count). The van der Waals surface area contributed by atoms with Crippen LogP contribution in [0.25, 0.3) is 10.1 Å². The maximum Gasteiger partial charge on any atom is 0.242 e. The third-order valence-corrected chi connectivity index (χ3v) is 8.91. The number of nitrogens with one attached hydrogen (secondary N) is 3. The number of sulfonamides is 1. The molecule has 0 saturated heterocycles. The van der Waals surface area contributed by atoms with E-state index >= 15 is 0 Å². The average Bonchev–Trinajstić information content (AvgIpc) is 3.22. The lowest BCUT2D eigenvalue weighted by atomic mass is 10.2. The molecule has 0 bridgehead atoms. The number of carbonyl (C=O) groups is 2. The summed E-state index contributed by atoms with van der Waals surface area (Å²) in [6.07, 6.45) is 1.14. The van der Waals surface area contributed by atoms with Gasteiger partial charge in [0.25, 0.3) is 0 Å². The van der Waals surface area contributed by atoms with Gasteiger partial charge in [0.05, 0.1) is 11.4 Å². The van der Waals surface area contributed by atoms with Crippen molar-refractivity contribution in [1.82, 2.24) is 15.4 Å². The van der Waals surface area contributed by atoms with Crippen molar-refractivity contribution in [2.24, 2.45) is 0 Å². The molecule has 0 fully saturated rings. The number of alkyl halides is 2. The summed E-state index contributed by atoms with van der Waals surface area (Å²) >= 11 is 25.1. The third-order valence-electron chi connectivity index (χ3n) is 5.26. The van der Waals surface area contributed by atoms with Crippen molar-refractivity contribution in [3.05, 3.63) is 63.5 Å². The number of thiophene rings is 1. The Morgan fingerprint density at radius 3 is 2.41 bits per heavy atom. The highest BCUT2D eigenvalue weighted by molar-refractivity contribution is 7.89. The van der Waals surface area contributed by atoms with Gasteiger partial charge in [-0.1, -0.05) is 41.4 Å². The summed E-state index contributed by atoms with van der Waals surface area (Å²) in [6.45, 7) is 0.429. The number of hydrogen-bond acceptors (Lipinski definition) is 5. The molecule has 0 saturated carbocycles. The number of fused-ring (bicyclic) bond motifs is 1. The molecular formula is C24H25Cl4N3O4S2. The minimum atomic E-state index is -3.79. The molecule has 0 aliphatic rings. The van der Waals surface area contributed by atoms with E-state index in [0.717, 1.165) is 15.0 Å². The van der Waals surface area contributed by atoms with E-state index in [2.05, 4.69) is 15.4 Å². The maximum atomic E-state index is 12.7. The molecule has 200 valence electrons. The zero-order valence-corrected chi connectivity index (χ0v) is 24.1. The summed E-state index contributed by atoms with van der Waals surface area (Å²) in [5.74, 6) is -0.722. The number of benzene rings is 2. The summed E-state index contributed by atoms with van der Waals surface area (Å²) < 4.78 is 28.4. The van der Waals surface area contributed by atoms with E-state index in [0.29, 0.717) is 17.9 Å². The molecule has 37 heavy (non-hydrogen) atoms. The summed E-state index contributed by atoms with van der Waals surface area (Å²) in [5, 5.41) is 6.88. The van der Waals surface area contributed by atoms with E-state index in [4.69, 9.17) is 46.4 Å². The molecule has 7 nitrogen and oxygen atoms in total. The lowest BCUT2D eigenvalue weighted by molar-refractivity contribution is -0.128. The van der Waals surface area contributed by atoms with E-state index in [1.54, 1.807) is 0 Å². The molecule has 2 amide bonds. The van der Waals surface area contributed by atoms with E-state index in [1.807, 2.05) is 30.3 Å². The summed E-state index contributed by atoms with van der Waals surface area (Å²) in [4.78, 5) is 25.3. The Kier molecular flexibility index (Phi) is 11.3. The fraction of sp³-hybridized carbons (Fsp3) is 0.333. The fourth-order valence-corrected chi connectivity index (χ4v) is 6.76. The van der Waals surface area contributed by atoms with Crippen molar-refractivity contribution in [2.45, 2.75) is 41.5 Å². The van der Waals surface area contributed by atoms with Crippen molar-refractivity contribution >= 4 is 89.7 Å². The average molecular weight is 625 g/mol. The van der Waals surface area contributed by atoms with Gasteiger partial charge >= 0.3 is 0 Å². The van der Waals surface area contributed by atoms with Crippen LogP contribution in [0.1, 0.15) is 24.1 Å². The first-order valence-corrected chi connectivity index (χ1v) is 15.3. The van der Waals surface area contributed by atoms with Crippen LogP contribution in [-0.4, -0.2) is 44.2 Å². The van der Waals surface area contributed by atoms with E-state index in [-0.39, 0.29) is 41.8 Å². The van der Waals surface area contributed by atoms with Crippen LogP contribution in [-0.2, 0) is 26.0 Å². The molecule has 0 aliphatic carbocycles. The van der Waals surface area contributed by atoms with E-state index in [9.17, 15) is 18.0 Å². The molecule has 0 radical (unpaired) electrons. The molecule has 0 unspecified atom stereocenters. The SMILES string of the molecule is O=C(Cc1cc2ccccc2s1)N[C@@H](CC(Cl)Cl)C(=O)NCCCCNS(=O)(=O)c1ccc(Cl)cc1Cl. The molecule has 0 aliphatic heterocycles. The Morgan fingerprint density at radius 1 is 0.973 bits per heavy atom. The fourth-order valence-electron chi connectivity index (χ4n) is 3.50. The van der Waals surface area contributed by atoms with Crippen LogP contribution in [0.4, 0.5) is 0 Å². The van der Waals surface area contributed by atoms with Crippen molar-refractivity contribution < 1.29 is 18.0 Å².